The Bertz CT molecular complexity index is 579. The Hall–Kier alpha value is -0.930. The summed E-state index contributed by atoms with van der Waals surface area (Å²) in [7, 11) is 0. The average Bonchev–Trinajstić information content (AvgIpc) is 2.70. The van der Waals surface area contributed by atoms with Crippen LogP contribution in [0.25, 0.3) is 6.08 Å². The number of rotatable bonds is 3. The summed E-state index contributed by atoms with van der Waals surface area (Å²) in [4.78, 5) is 15.0. The third kappa shape index (κ3) is 2.75. The quantitative estimate of drug-likeness (QED) is 0.652. The van der Waals surface area contributed by atoms with Crippen molar-refractivity contribution in [3.05, 3.63) is 27.8 Å². The van der Waals surface area contributed by atoms with Crippen molar-refractivity contribution >= 4 is 39.4 Å². The number of nitrogens with two attached hydrogens (primary N) is 1. The van der Waals surface area contributed by atoms with Gasteiger partial charge in [-0.15, -0.1) is 0 Å². The Morgan fingerprint density at radius 3 is 2.90 bits per heavy atom. The lowest BCUT2D eigenvalue weighted by atomic mass is 10.2. The van der Waals surface area contributed by atoms with Crippen LogP contribution in [0.15, 0.2) is 16.5 Å². The summed E-state index contributed by atoms with van der Waals surface area (Å²) in [6.45, 7) is -0.283. The van der Waals surface area contributed by atoms with E-state index in [4.69, 9.17) is 27.2 Å². The highest BCUT2D eigenvalue weighted by molar-refractivity contribution is 9.09. The van der Waals surface area contributed by atoms with E-state index in [0.29, 0.717) is 5.56 Å². The third-order valence-electron chi connectivity index (χ3n) is 3.00. The molecule has 110 valence electrons. The molecule has 4 atom stereocenters. The topological polar surface area (TPSA) is 111 Å². The first-order valence-corrected chi connectivity index (χ1v) is 7.08. The van der Waals surface area contributed by atoms with Crippen molar-refractivity contribution in [1.29, 1.82) is 0 Å². The molecule has 9 heteroatoms. The van der Waals surface area contributed by atoms with Crippen molar-refractivity contribution in [3.8, 4) is 0 Å². The smallest absolute Gasteiger partial charge is 0.351 e. The van der Waals surface area contributed by atoms with Gasteiger partial charge in [-0.05, 0) is 6.08 Å². The van der Waals surface area contributed by atoms with Gasteiger partial charge >= 0.3 is 5.69 Å². The summed E-state index contributed by atoms with van der Waals surface area (Å²) in [5, 5.41) is 19.2. The van der Waals surface area contributed by atoms with E-state index in [1.54, 1.807) is 0 Å². The van der Waals surface area contributed by atoms with Gasteiger partial charge in [0.2, 0.25) is 0 Å². The monoisotopic (exact) mass is 365 g/mol. The number of anilines is 1. The zero-order valence-corrected chi connectivity index (χ0v) is 12.5. The molecule has 1 aromatic heterocycles. The maximum atomic E-state index is 11.9. The van der Waals surface area contributed by atoms with Crippen LogP contribution in [0.3, 0.4) is 0 Å². The number of hydrogen-bond donors (Lipinski definition) is 3. The molecular formula is C11H13BrClN3O4. The zero-order chi connectivity index (χ0) is 14.9. The summed E-state index contributed by atoms with van der Waals surface area (Å²) in [6.07, 6.45) is 0.280. The number of hydrogen-bond acceptors (Lipinski definition) is 6. The normalized spacial score (nSPS) is 30.2. The molecule has 0 bridgehead atoms. The van der Waals surface area contributed by atoms with Gasteiger partial charge < -0.3 is 20.7 Å². The molecule has 1 fully saturated rings. The van der Waals surface area contributed by atoms with E-state index in [1.165, 1.54) is 17.8 Å². The SMILES string of the molecule is Nc1nc(=O)n([C@@H]2O[C@H](CO)[C@H](Br)[C@H]2O)cc1/C=C/Cl. The lowest BCUT2D eigenvalue weighted by Gasteiger charge is -2.18. The van der Waals surface area contributed by atoms with E-state index in [0.717, 1.165) is 4.57 Å². The number of aromatic nitrogens is 2. The predicted molar refractivity (Wildman–Crippen MR) is 77.5 cm³/mol. The largest absolute Gasteiger partial charge is 0.394 e. The van der Waals surface area contributed by atoms with E-state index in [2.05, 4.69) is 20.9 Å². The maximum Gasteiger partial charge on any atom is 0.351 e. The minimum Gasteiger partial charge on any atom is -0.394 e. The molecule has 20 heavy (non-hydrogen) atoms. The van der Waals surface area contributed by atoms with Crippen LogP contribution in [0.4, 0.5) is 5.82 Å². The number of aliphatic hydroxyl groups excluding tert-OH is 2. The number of halogens is 2. The molecule has 1 saturated heterocycles. The molecule has 0 aliphatic carbocycles. The van der Waals surface area contributed by atoms with Crippen molar-refractivity contribution in [2.75, 3.05) is 12.3 Å². The molecule has 1 aromatic rings. The van der Waals surface area contributed by atoms with E-state index >= 15 is 0 Å². The van der Waals surface area contributed by atoms with E-state index in [1.807, 2.05) is 0 Å². The van der Waals surface area contributed by atoms with Crippen molar-refractivity contribution in [1.82, 2.24) is 9.55 Å². The van der Waals surface area contributed by atoms with Crippen LogP contribution in [0.5, 0.6) is 0 Å². The molecule has 0 aromatic carbocycles. The van der Waals surface area contributed by atoms with Gasteiger partial charge in [0.15, 0.2) is 6.23 Å². The highest BCUT2D eigenvalue weighted by Gasteiger charge is 2.43. The van der Waals surface area contributed by atoms with Crippen LogP contribution in [0.1, 0.15) is 11.8 Å². The van der Waals surface area contributed by atoms with Crippen molar-refractivity contribution in [2.45, 2.75) is 23.3 Å². The molecule has 0 spiro atoms. The van der Waals surface area contributed by atoms with Gasteiger partial charge in [0.05, 0.1) is 17.5 Å². The molecule has 1 aliphatic rings. The second-order valence-electron chi connectivity index (χ2n) is 4.25. The lowest BCUT2D eigenvalue weighted by molar-refractivity contribution is -0.0529. The number of nitrogen functional groups attached to an aromatic ring is 1. The molecule has 0 saturated carbocycles. The predicted octanol–water partition coefficient (Wildman–Crippen LogP) is 0.0491. The fourth-order valence-electron chi connectivity index (χ4n) is 1.96. The van der Waals surface area contributed by atoms with Gasteiger partial charge in [-0.2, -0.15) is 4.98 Å². The van der Waals surface area contributed by atoms with Gasteiger partial charge in [0.25, 0.3) is 0 Å². The van der Waals surface area contributed by atoms with Gasteiger partial charge in [-0.25, -0.2) is 4.79 Å². The molecule has 0 amide bonds. The number of alkyl halides is 1. The number of ether oxygens (including phenoxy) is 1. The van der Waals surface area contributed by atoms with Crippen LogP contribution < -0.4 is 11.4 Å². The molecular weight excluding hydrogens is 353 g/mol. The summed E-state index contributed by atoms with van der Waals surface area (Å²) >= 11 is 8.71. The first-order chi connectivity index (χ1) is 9.49. The lowest BCUT2D eigenvalue weighted by Crippen LogP contribution is -2.34. The van der Waals surface area contributed by atoms with Crippen molar-refractivity contribution in [3.63, 3.8) is 0 Å². The Balaban J connectivity index is 2.43. The molecule has 4 N–H and O–H groups in total. The van der Waals surface area contributed by atoms with Gasteiger partial charge in [0, 0.05) is 17.3 Å². The Morgan fingerprint density at radius 2 is 2.35 bits per heavy atom. The van der Waals surface area contributed by atoms with Crippen LogP contribution in [-0.4, -0.2) is 43.4 Å². The van der Waals surface area contributed by atoms with Crippen LogP contribution in [0.2, 0.25) is 0 Å². The molecule has 1 aliphatic heterocycles. The summed E-state index contributed by atoms with van der Waals surface area (Å²) in [6, 6.07) is 0. The molecule has 0 radical (unpaired) electrons. The average molecular weight is 367 g/mol. The van der Waals surface area contributed by atoms with Gasteiger partial charge in [0.1, 0.15) is 11.9 Å². The highest BCUT2D eigenvalue weighted by Crippen LogP contribution is 2.33. The molecule has 0 unspecified atom stereocenters. The standard InChI is InChI=1S/C11H13BrClN3O4/c12-7-6(4-17)20-10(8(7)18)16-3-5(1-2-13)9(14)15-11(16)19/h1-3,6-8,10,17-18H,4H2,(H2,14,15,19)/b2-1+/t6-,7+,8-,10-/m1/s1. The fourth-order valence-corrected chi connectivity index (χ4v) is 2.65. The van der Waals surface area contributed by atoms with Gasteiger partial charge in [-0.3, -0.25) is 4.57 Å². The maximum absolute atomic E-state index is 11.9. The van der Waals surface area contributed by atoms with Crippen LogP contribution in [0, 0.1) is 0 Å². The second kappa shape index (κ2) is 6.23. The highest BCUT2D eigenvalue weighted by atomic mass is 79.9. The number of aliphatic hydroxyl groups is 2. The minimum absolute atomic E-state index is 0.0322. The third-order valence-corrected chi connectivity index (χ3v) is 4.25. The second-order valence-corrected chi connectivity index (χ2v) is 5.56. The van der Waals surface area contributed by atoms with Gasteiger partial charge in [-0.1, -0.05) is 27.5 Å². The molecule has 7 nitrogen and oxygen atoms in total. The Morgan fingerprint density at radius 1 is 1.65 bits per heavy atom. The van der Waals surface area contributed by atoms with E-state index < -0.39 is 29.0 Å². The first-order valence-electron chi connectivity index (χ1n) is 5.73. The zero-order valence-electron chi connectivity index (χ0n) is 10.2. The Labute approximate surface area is 127 Å². The first kappa shape index (κ1) is 15.5. The summed E-state index contributed by atoms with van der Waals surface area (Å²) in [5.41, 5.74) is 6.61. The van der Waals surface area contributed by atoms with Crippen molar-refractivity contribution < 1.29 is 14.9 Å². The minimum atomic E-state index is -1.01. The van der Waals surface area contributed by atoms with Crippen molar-refractivity contribution in [2.24, 2.45) is 0 Å². The van der Waals surface area contributed by atoms with E-state index in [-0.39, 0.29) is 12.4 Å². The fraction of sp³-hybridized carbons (Fsp3) is 0.455. The summed E-state index contributed by atoms with van der Waals surface area (Å²) in [5.74, 6) is 0.0322. The Kier molecular flexibility index (Phi) is 4.82. The summed E-state index contributed by atoms with van der Waals surface area (Å²) < 4.78 is 6.58. The molecule has 2 heterocycles. The molecule has 2 rings (SSSR count). The van der Waals surface area contributed by atoms with Crippen LogP contribution >= 0.6 is 27.5 Å². The van der Waals surface area contributed by atoms with Crippen LogP contribution in [-0.2, 0) is 4.74 Å². The van der Waals surface area contributed by atoms with E-state index in [9.17, 15) is 9.90 Å². The number of nitrogens with zero attached hydrogens (tertiary/aromatic N) is 2.